The Hall–Kier alpha value is -3.44. The van der Waals surface area contributed by atoms with Crippen LogP contribution in [0.1, 0.15) is 15.9 Å². The van der Waals surface area contributed by atoms with Gasteiger partial charge in [0.05, 0.1) is 22.5 Å². The molecule has 0 spiro atoms. The number of carbonyl (C=O) groups excluding carboxylic acids is 1. The number of fused-ring (bicyclic) bond motifs is 1. The van der Waals surface area contributed by atoms with Crippen molar-refractivity contribution < 1.29 is 9.18 Å². The number of piperazine rings is 1. The summed E-state index contributed by atoms with van der Waals surface area (Å²) in [6.07, 6.45) is 0. The lowest BCUT2D eigenvalue weighted by Gasteiger charge is -2.36. The summed E-state index contributed by atoms with van der Waals surface area (Å²) < 4.78 is 14.2. The molecule has 2 heterocycles. The van der Waals surface area contributed by atoms with Crippen LogP contribution < -0.4 is 4.90 Å². The minimum atomic E-state index is -0.236. The number of aromatic nitrogens is 1. The molecule has 0 bridgehead atoms. The van der Waals surface area contributed by atoms with Gasteiger partial charge in [-0.25, -0.2) is 9.37 Å². The number of aryl methyl sites for hydroxylation is 1. The third-order valence-corrected chi connectivity index (χ3v) is 6.42. The van der Waals surface area contributed by atoms with Crippen LogP contribution in [0.5, 0.6) is 0 Å². The smallest absolute Gasteiger partial charge is 0.254 e. The number of para-hydroxylation sites is 2. The molecule has 0 aliphatic carbocycles. The highest BCUT2D eigenvalue weighted by atomic mass is 35.5. The second kappa shape index (κ2) is 8.83. The van der Waals surface area contributed by atoms with Gasteiger partial charge in [0, 0.05) is 42.2 Å². The summed E-state index contributed by atoms with van der Waals surface area (Å²) in [4.78, 5) is 22.4. The topological polar surface area (TPSA) is 36.4 Å². The van der Waals surface area contributed by atoms with Crippen molar-refractivity contribution in [3.63, 3.8) is 0 Å². The Labute approximate surface area is 197 Å². The summed E-state index contributed by atoms with van der Waals surface area (Å²) in [6.45, 7) is 4.22. The number of rotatable bonds is 3. The van der Waals surface area contributed by atoms with Crippen molar-refractivity contribution in [1.29, 1.82) is 0 Å². The lowest BCUT2D eigenvalue weighted by molar-refractivity contribution is 0.0748. The molecular formula is C27H23ClFN3O. The van der Waals surface area contributed by atoms with Crippen molar-refractivity contribution in [2.45, 2.75) is 6.92 Å². The van der Waals surface area contributed by atoms with E-state index in [1.54, 1.807) is 12.1 Å². The first-order chi connectivity index (χ1) is 16.0. The molecule has 1 aliphatic rings. The third kappa shape index (κ3) is 4.16. The summed E-state index contributed by atoms with van der Waals surface area (Å²) in [7, 11) is 0. The maximum absolute atomic E-state index is 14.2. The molecule has 3 aromatic carbocycles. The van der Waals surface area contributed by atoms with Crippen LogP contribution in [0.2, 0.25) is 5.02 Å². The fraction of sp³-hybridized carbons (Fsp3) is 0.185. The number of amides is 1. The molecule has 33 heavy (non-hydrogen) atoms. The quantitative estimate of drug-likeness (QED) is 0.379. The van der Waals surface area contributed by atoms with Crippen LogP contribution in [-0.2, 0) is 0 Å². The van der Waals surface area contributed by atoms with Gasteiger partial charge >= 0.3 is 0 Å². The second-order valence-corrected chi connectivity index (χ2v) is 8.70. The van der Waals surface area contributed by atoms with E-state index < -0.39 is 0 Å². The maximum atomic E-state index is 14.2. The number of pyridine rings is 1. The Bertz CT molecular complexity index is 1330. The van der Waals surface area contributed by atoms with Gasteiger partial charge in [-0.15, -0.1) is 0 Å². The average molecular weight is 460 g/mol. The Balaban J connectivity index is 1.47. The van der Waals surface area contributed by atoms with Crippen molar-refractivity contribution >= 4 is 34.1 Å². The van der Waals surface area contributed by atoms with Crippen LogP contribution in [0.25, 0.3) is 22.2 Å². The van der Waals surface area contributed by atoms with Crippen molar-refractivity contribution in [1.82, 2.24) is 9.88 Å². The minimum absolute atomic E-state index is 0.0311. The number of benzene rings is 3. The van der Waals surface area contributed by atoms with Crippen molar-refractivity contribution in [2.24, 2.45) is 0 Å². The molecule has 0 radical (unpaired) electrons. The van der Waals surface area contributed by atoms with E-state index in [1.165, 1.54) is 6.07 Å². The summed E-state index contributed by atoms with van der Waals surface area (Å²) in [5.41, 5.74) is 4.69. The van der Waals surface area contributed by atoms with Gasteiger partial charge in [0.25, 0.3) is 5.91 Å². The molecule has 1 aliphatic heterocycles. The number of halogens is 2. The molecule has 0 unspecified atom stereocenters. The van der Waals surface area contributed by atoms with E-state index in [-0.39, 0.29) is 11.7 Å². The standard InChI is InChI=1S/C27H23ClFN3O/c1-18-5-4-6-21-22(17-24(30-26(18)21)19-9-11-20(28)12-10-19)27(33)32-15-13-31(14-16-32)25-8-3-2-7-23(25)29/h2-12,17H,13-16H2,1H3. The SMILES string of the molecule is Cc1cccc2c(C(=O)N3CCN(c4ccccc4F)CC3)cc(-c3ccc(Cl)cc3)nc12. The second-order valence-electron chi connectivity index (χ2n) is 8.26. The highest BCUT2D eigenvalue weighted by Gasteiger charge is 2.25. The summed E-state index contributed by atoms with van der Waals surface area (Å²) in [5, 5.41) is 1.49. The van der Waals surface area contributed by atoms with Crippen LogP contribution >= 0.6 is 11.6 Å². The average Bonchev–Trinajstić information content (AvgIpc) is 2.84. The van der Waals surface area contributed by atoms with Gasteiger partial charge in [-0.3, -0.25) is 4.79 Å². The van der Waals surface area contributed by atoms with Gasteiger partial charge in [0.1, 0.15) is 5.82 Å². The van der Waals surface area contributed by atoms with Crippen LogP contribution in [-0.4, -0.2) is 42.0 Å². The number of hydrogen-bond donors (Lipinski definition) is 0. The largest absolute Gasteiger partial charge is 0.366 e. The van der Waals surface area contributed by atoms with Crippen LogP contribution in [0, 0.1) is 12.7 Å². The Morgan fingerprint density at radius 1 is 0.939 bits per heavy atom. The monoisotopic (exact) mass is 459 g/mol. The number of nitrogens with zero attached hydrogens (tertiary/aromatic N) is 3. The van der Waals surface area contributed by atoms with Crippen LogP contribution in [0.4, 0.5) is 10.1 Å². The lowest BCUT2D eigenvalue weighted by Crippen LogP contribution is -2.49. The molecule has 0 N–H and O–H groups in total. The number of anilines is 1. The normalized spacial score (nSPS) is 14.0. The van der Waals surface area contributed by atoms with Gasteiger partial charge in [-0.2, -0.15) is 0 Å². The minimum Gasteiger partial charge on any atom is -0.366 e. The summed E-state index contributed by atoms with van der Waals surface area (Å²) >= 11 is 6.06. The molecule has 4 aromatic rings. The van der Waals surface area contributed by atoms with E-state index >= 15 is 0 Å². The van der Waals surface area contributed by atoms with Gasteiger partial charge in [0.15, 0.2) is 0 Å². The number of carbonyl (C=O) groups is 1. The molecule has 1 aromatic heterocycles. The Morgan fingerprint density at radius 2 is 1.67 bits per heavy atom. The molecule has 1 amide bonds. The first-order valence-electron chi connectivity index (χ1n) is 11.0. The highest BCUT2D eigenvalue weighted by Crippen LogP contribution is 2.29. The van der Waals surface area contributed by atoms with E-state index in [4.69, 9.17) is 16.6 Å². The fourth-order valence-electron chi connectivity index (χ4n) is 4.37. The Kier molecular flexibility index (Phi) is 5.73. The molecule has 0 atom stereocenters. The zero-order chi connectivity index (χ0) is 22.9. The maximum Gasteiger partial charge on any atom is 0.254 e. The van der Waals surface area contributed by atoms with Crippen molar-refractivity contribution in [3.05, 3.63) is 94.8 Å². The molecular weight excluding hydrogens is 437 g/mol. The van der Waals surface area contributed by atoms with E-state index in [1.807, 2.05) is 71.3 Å². The Morgan fingerprint density at radius 3 is 2.39 bits per heavy atom. The van der Waals surface area contributed by atoms with Gasteiger partial charge in [-0.05, 0) is 42.8 Å². The first kappa shape index (κ1) is 21.4. The van der Waals surface area contributed by atoms with Crippen LogP contribution in [0.15, 0.2) is 72.8 Å². The molecule has 0 saturated carbocycles. The first-order valence-corrected chi connectivity index (χ1v) is 11.3. The predicted molar refractivity (Wildman–Crippen MR) is 131 cm³/mol. The highest BCUT2D eigenvalue weighted by molar-refractivity contribution is 6.30. The molecule has 4 nitrogen and oxygen atoms in total. The number of hydrogen-bond acceptors (Lipinski definition) is 3. The summed E-state index contributed by atoms with van der Waals surface area (Å²) in [6, 6.07) is 22.0. The van der Waals surface area contributed by atoms with Crippen molar-refractivity contribution in [2.75, 3.05) is 31.1 Å². The fourth-order valence-corrected chi connectivity index (χ4v) is 4.49. The molecule has 5 rings (SSSR count). The molecule has 1 saturated heterocycles. The third-order valence-electron chi connectivity index (χ3n) is 6.17. The van der Waals surface area contributed by atoms with Gasteiger partial charge in [-0.1, -0.05) is 54.1 Å². The van der Waals surface area contributed by atoms with E-state index in [0.717, 1.165) is 27.7 Å². The van der Waals surface area contributed by atoms with Gasteiger partial charge in [0.2, 0.25) is 0 Å². The predicted octanol–water partition coefficient (Wildman–Crippen LogP) is 5.97. The molecule has 6 heteroatoms. The van der Waals surface area contributed by atoms with E-state index in [0.29, 0.717) is 42.5 Å². The zero-order valence-electron chi connectivity index (χ0n) is 18.3. The molecule has 166 valence electrons. The zero-order valence-corrected chi connectivity index (χ0v) is 19.0. The van der Waals surface area contributed by atoms with E-state index in [9.17, 15) is 9.18 Å². The summed E-state index contributed by atoms with van der Waals surface area (Å²) in [5.74, 6) is -0.267. The van der Waals surface area contributed by atoms with Crippen LogP contribution in [0.3, 0.4) is 0 Å². The van der Waals surface area contributed by atoms with Crippen molar-refractivity contribution in [3.8, 4) is 11.3 Å². The van der Waals surface area contributed by atoms with Gasteiger partial charge < -0.3 is 9.80 Å². The lowest BCUT2D eigenvalue weighted by atomic mass is 10.0. The molecule has 1 fully saturated rings. The van der Waals surface area contributed by atoms with E-state index in [2.05, 4.69) is 0 Å².